The van der Waals surface area contributed by atoms with Gasteiger partial charge in [-0.05, 0) is 33.4 Å². The largest absolute Gasteiger partial charge is 0.444 e. The standard InChI is InChI=1S/C21H33N3O4/c1-21(2,3)28-20(26)23(5)18(16-27-15-17-9-7-6-8-10-17)19(25)24-13-11-22(4)12-14-24/h6-10,18H,11-16H2,1-5H3. The van der Waals surface area contributed by atoms with Crippen LogP contribution in [0.1, 0.15) is 26.3 Å². The smallest absolute Gasteiger partial charge is 0.410 e. The third-order valence-electron chi connectivity index (χ3n) is 4.64. The van der Waals surface area contributed by atoms with Crippen LogP contribution in [0.2, 0.25) is 0 Å². The lowest BCUT2D eigenvalue weighted by atomic mass is 10.2. The summed E-state index contributed by atoms with van der Waals surface area (Å²) in [5.41, 5.74) is 0.394. The van der Waals surface area contributed by atoms with Crippen LogP contribution < -0.4 is 0 Å². The van der Waals surface area contributed by atoms with E-state index in [2.05, 4.69) is 4.90 Å². The van der Waals surface area contributed by atoms with E-state index in [0.29, 0.717) is 19.7 Å². The second-order valence-corrected chi connectivity index (χ2v) is 8.24. The van der Waals surface area contributed by atoms with E-state index in [0.717, 1.165) is 18.7 Å². The number of likely N-dealkylation sites (N-methyl/N-ethyl adjacent to an activating group) is 2. The zero-order chi connectivity index (χ0) is 20.7. The van der Waals surface area contributed by atoms with Gasteiger partial charge in [-0.25, -0.2) is 4.79 Å². The van der Waals surface area contributed by atoms with Crippen LogP contribution in [0.3, 0.4) is 0 Å². The van der Waals surface area contributed by atoms with Gasteiger partial charge >= 0.3 is 6.09 Å². The second kappa shape index (κ2) is 9.89. The predicted molar refractivity (Wildman–Crippen MR) is 108 cm³/mol. The Kier molecular flexibility index (Phi) is 7.83. The Morgan fingerprint density at radius 3 is 2.29 bits per heavy atom. The van der Waals surface area contributed by atoms with Gasteiger partial charge in [0.25, 0.3) is 0 Å². The first-order valence-electron chi connectivity index (χ1n) is 9.72. The fourth-order valence-electron chi connectivity index (χ4n) is 2.91. The molecule has 0 aliphatic carbocycles. The van der Waals surface area contributed by atoms with Gasteiger partial charge in [0.05, 0.1) is 13.2 Å². The average molecular weight is 392 g/mol. The van der Waals surface area contributed by atoms with E-state index in [9.17, 15) is 9.59 Å². The summed E-state index contributed by atoms with van der Waals surface area (Å²) in [5.74, 6) is -0.102. The Balaban J connectivity index is 2.05. The zero-order valence-electron chi connectivity index (χ0n) is 17.7. The van der Waals surface area contributed by atoms with E-state index in [1.165, 1.54) is 4.90 Å². The number of carbonyl (C=O) groups excluding carboxylic acids is 2. The van der Waals surface area contributed by atoms with Crippen molar-refractivity contribution in [1.29, 1.82) is 0 Å². The number of ether oxygens (including phenoxy) is 2. The van der Waals surface area contributed by atoms with Crippen molar-refractivity contribution in [1.82, 2.24) is 14.7 Å². The Bertz CT molecular complexity index is 637. The Morgan fingerprint density at radius 1 is 1.11 bits per heavy atom. The molecule has 7 nitrogen and oxygen atoms in total. The number of nitrogens with zero attached hydrogens (tertiary/aromatic N) is 3. The number of carbonyl (C=O) groups is 2. The minimum Gasteiger partial charge on any atom is -0.444 e. The number of amides is 2. The summed E-state index contributed by atoms with van der Waals surface area (Å²) in [6.45, 7) is 8.86. The molecule has 0 bridgehead atoms. The number of benzene rings is 1. The molecular formula is C21H33N3O4. The molecule has 1 aliphatic rings. The summed E-state index contributed by atoms with van der Waals surface area (Å²) in [5, 5.41) is 0. The minimum absolute atomic E-state index is 0.102. The van der Waals surface area contributed by atoms with Crippen LogP contribution in [0.5, 0.6) is 0 Å². The quantitative estimate of drug-likeness (QED) is 0.744. The first kappa shape index (κ1) is 22.2. The molecule has 156 valence electrons. The highest BCUT2D eigenvalue weighted by Gasteiger charge is 2.34. The van der Waals surface area contributed by atoms with Crippen LogP contribution >= 0.6 is 0 Å². The summed E-state index contributed by atoms with van der Waals surface area (Å²) in [7, 11) is 3.63. The van der Waals surface area contributed by atoms with Crippen molar-refractivity contribution in [3.8, 4) is 0 Å². The number of rotatable bonds is 6. The van der Waals surface area contributed by atoms with Crippen molar-refractivity contribution in [3.05, 3.63) is 35.9 Å². The minimum atomic E-state index is -0.720. The van der Waals surface area contributed by atoms with Gasteiger partial charge in [-0.3, -0.25) is 9.69 Å². The normalized spacial score (nSPS) is 16.5. The molecule has 0 radical (unpaired) electrons. The molecule has 1 unspecified atom stereocenters. The molecule has 1 aliphatic heterocycles. The molecule has 1 atom stereocenters. The lowest BCUT2D eigenvalue weighted by Crippen LogP contribution is -2.56. The molecule has 1 saturated heterocycles. The molecule has 0 saturated carbocycles. The molecule has 0 spiro atoms. The Morgan fingerprint density at radius 2 is 1.71 bits per heavy atom. The third kappa shape index (κ3) is 6.80. The van der Waals surface area contributed by atoms with Crippen molar-refractivity contribution in [2.24, 2.45) is 0 Å². The molecule has 1 aromatic carbocycles. The predicted octanol–water partition coefficient (Wildman–Crippen LogP) is 2.21. The van der Waals surface area contributed by atoms with Crippen molar-refractivity contribution in [2.45, 2.75) is 39.0 Å². The molecule has 1 fully saturated rings. The lowest BCUT2D eigenvalue weighted by molar-refractivity contribution is -0.140. The van der Waals surface area contributed by atoms with Gasteiger partial charge < -0.3 is 19.3 Å². The molecule has 1 heterocycles. The fourth-order valence-corrected chi connectivity index (χ4v) is 2.91. The maximum absolute atomic E-state index is 13.1. The van der Waals surface area contributed by atoms with Crippen LogP contribution in [0.4, 0.5) is 4.79 Å². The van der Waals surface area contributed by atoms with Crippen molar-refractivity contribution in [3.63, 3.8) is 0 Å². The lowest BCUT2D eigenvalue weighted by Gasteiger charge is -2.37. The average Bonchev–Trinajstić information content (AvgIpc) is 2.64. The molecule has 7 heteroatoms. The van der Waals surface area contributed by atoms with Gasteiger partial charge in [-0.2, -0.15) is 0 Å². The highest BCUT2D eigenvalue weighted by molar-refractivity contribution is 5.86. The van der Waals surface area contributed by atoms with Gasteiger partial charge in [-0.1, -0.05) is 30.3 Å². The molecule has 0 N–H and O–H groups in total. The first-order chi connectivity index (χ1) is 13.2. The number of hydrogen-bond acceptors (Lipinski definition) is 5. The molecule has 2 amide bonds. The van der Waals surface area contributed by atoms with Gasteiger partial charge in [0.15, 0.2) is 0 Å². The van der Waals surface area contributed by atoms with Gasteiger partial charge in [-0.15, -0.1) is 0 Å². The Labute approximate surface area is 168 Å². The van der Waals surface area contributed by atoms with Crippen LogP contribution in [-0.4, -0.2) is 85.2 Å². The fraction of sp³-hybridized carbons (Fsp3) is 0.619. The molecule has 28 heavy (non-hydrogen) atoms. The molecule has 0 aromatic heterocycles. The van der Waals surface area contributed by atoms with E-state index in [1.54, 1.807) is 11.9 Å². The Hall–Kier alpha value is -2.12. The van der Waals surface area contributed by atoms with Crippen LogP contribution in [0, 0.1) is 0 Å². The number of hydrogen-bond donors (Lipinski definition) is 0. The second-order valence-electron chi connectivity index (χ2n) is 8.24. The number of piperazine rings is 1. The zero-order valence-corrected chi connectivity index (χ0v) is 17.7. The summed E-state index contributed by atoms with van der Waals surface area (Å²) < 4.78 is 11.3. The van der Waals surface area contributed by atoms with Crippen molar-refractivity contribution in [2.75, 3.05) is 46.9 Å². The summed E-state index contributed by atoms with van der Waals surface area (Å²) in [6.07, 6.45) is -0.525. The highest BCUT2D eigenvalue weighted by atomic mass is 16.6. The van der Waals surface area contributed by atoms with E-state index in [1.807, 2.05) is 58.2 Å². The van der Waals surface area contributed by atoms with Crippen LogP contribution in [0.15, 0.2) is 30.3 Å². The maximum atomic E-state index is 13.1. The van der Waals surface area contributed by atoms with Gasteiger partial charge in [0.2, 0.25) is 5.91 Å². The van der Waals surface area contributed by atoms with E-state index >= 15 is 0 Å². The molecule has 2 rings (SSSR count). The maximum Gasteiger partial charge on any atom is 0.410 e. The highest BCUT2D eigenvalue weighted by Crippen LogP contribution is 2.14. The van der Waals surface area contributed by atoms with Crippen molar-refractivity contribution >= 4 is 12.0 Å². The van der Waals surface area contributed by atoms with Gasteiger partial charge in [0.1, 0.15) is 11.6 Å². The van der Waals surface area contributed by atoms with Crippen LogP contribution in [0.25, 0.3) is 0 Å². The SMILES string of the molecule is CN1CCN(C(=O)C(COCc2ccccc2)N(C)C(=O)OC(C)(C)C)CC1. The monoisotopic (exact) mass is 391 g/mol. The summed E-state index contributed by atoms with van der Waals surface area (Å²) in [6, 6.07) is 9.04. The summed E-state index contributed by atoms with van der Waals surface area (Å²) in [4.78, 5) is 31.0. The topological polar surface area (TPSA) is 62.3 Å². The third-order valence-corrected chi connectivity index (χ3v) is 4.64. The van der Waals surface area contributed by atoms with Crippen LogP contribution in [-0.2, 0) is 20.9 Å². The van der Waals surface area contributed by atoms with E-state index < -0.39 is 17.7 Å². The van der Waals surface area contributed by atoms with E-state index in [-0.39, 0.29) is 12.5 Å². The van der Waals surface area contributed by atoms with Crippen molar-refractivity contribution < 1.29 is 19.1 Å². The van der Waals surface area contributed by atoms with E-state index in [4.69, 9.17) is 9.47 Å². The van der Waals surface area contributed by atoms with Gasteiger partial charge in [0, 0.05) is 33.2 Å². The molecular weight excluding hydrogens is 358 g/mol. The molecule has 1 aromatic rings. The summed E-state index contributed by atoms with van der Waals surface area (Å²) >= 11 is 0. The first-order valence-corrected chi connectivity index (χ1v) is 9.72.